The molecule has 3 N–H and O–H groups in total. The van der Waals surface area contributed by atoms with Crippen molar-refractivity contribution in [1.29, 1.82) is 0 Å². The Morgan fingerprint density at radius 1 is 1.32 bits per heavy atom. The third-order valence-corrected chi connectivity index (χ3v) is 3.76. The van der Waals surface area contributed by atoms with Crippen LogP contribution in [-0.2, 0) is 9.53 Å². The number of carbonyl (C=O) groups excluding carboxylic acids is 2. The molecule has 0 bridgehead atoms. The van der Waals surface area contributed by atoms with Gasteiger partial charge in [-0.25, -0.2) is 4.79 Å². The average molecular weight is 355 g/mol. The molecule has 0 radical (unpaired) electrons. The summed E-state index contributed by atoms with van der Waals surface area (Å²) in [6.07, 6.45) is 1.01. The van der Waals surface area contributed by atoms with E-state index in [2.05, 4.69) is 20.9 Å². The number of hydrogen-bond donors (Lipinski definition) is 3. The van der Waals surface area contributed by atoms with Crippen molar-refractivity contribution in [2.75, 3.05) is 26.7 Å². The Hall–Kier alpha value is -1.99. The Bertz CT molecular complexity index is 481. The Kier molecular flexibility index (Phi) is 7.99. The topological polar surface area (TPSA) is 95.1 Å². The number of amides is 2. The molecule has 1 saturated heterocycles. The molecule has 0 aromatic rings. The molecule has 0 spiro atoms. The number of guanidine groups is 1. The number of nitrogens with one attached hydrogen (secondary N) is 3. The van der Waals surface area contributed by atoms with Gasteiger partial charge in [0.15, 0.2) is 5.96 Å². The normalized spacial score (nSPS) is 16.7. The Balaban J connectivity index is 2.24. The number of rotatable bonds is 6. The minimum Gasteiger partial charge on any atom is -0.444 e. The Morgan fingerprint density at radius 2 is 1.96 bits per heavy atom. The molecule has 1 fully saturated rings. The molecule has 1 rings (SSSR count). The van der Waals surface area contributed by atoms with Crippen LogP contribution in [0.3, 0.4) is 0 Å². The monoisotopic (exact) mass is 355 g/mol. The van der Waals surface area contributed by atoms with E-state index in [1.165, 1.54) is 0 Å². The molecule has 1 heterocycles. The standard InChI is InChI=1S/C17H33N5O3/c1-7-12(2)20-14(23)8-9-19-15(18-6)21-13-10-22(11-13)16(24)25-17(3,4)5/h12-13H,7-11H2,1-6H3,(H,20,23)(H2,18,19,21). The molecule has 1 atom stereocenters. The molecule has 8 heteroatoms. The number of carbonyl (C=O) groups is 2. The molecule has 0 aromatic heterocycles. The quantitative estimate of drug-likeness (QED) is 0.489. The van der Waals surface area contributed by atoms with Gasteiger partial charge in [0.05, 0.1) is 6.04 Å². The zero-order valence-corrected chi connectivity index (χ0v) is 16.3. The van der Waals surface area contributed by atoms with Crippen LogP contribution in [0.1, 0.15) is 47.5 Å². The number of aliphatic imine (C=N–C) groups is 1. The number of likely N-dealkylation sites (tertiary alicyclic amines) is 1. The van der Waals surface area contributed by atoms with Crippen molar-refractivity contribution in [3.63, 3.8) is 0 Å². The lowest BCUT2D eigenvalue weighted by molar-refractivity contribution is -0.121. The number of hydrogen-bond acceptors (Lipinski definition) is 4. The number of ether oxygens (including phenoxy) is 1. The molecule has 144 valence electrons. The molecule has 0 aliphatic carbocycles. The van der Waals surface area contributed by atoms with Gasteiger partial charge in [0.25, 0.3) is 0 Å². The predicted octanol–water partition coefficient (Wildman–Crippen LogP) is 1.08. The molecule has 8 nitrogen and oxygen atoms in total. The van der Waals surface area contributed by atoms with Crippen LogP contribution in [0.15, 0.2) is 4.99 Å². The first-order valence-corrected chi connectivity index (χ1v) is 8.89. The summed E-state index contributed by atoms with van der Waals surface area (Å²) in [7, 11) is 1.68. The van der Waals surface area contributed by atoms with E-state index in [9.17, 15) is 9.59 Å². The highest BCUT2D eigenvalue weighted by Crippen LogP contribution is 2.15. The zero-order valence-electron chi connectivity index (χ0n) is 16.3. The van der Waals surface area contributed by atoms with Crippen LogP contribution in [0.25, 0.3) is 0 Å². The van der Waals surface area contributed by atoms with E-state index in [1.54, 1.807) is 11.9 Å². The first kappa shape index (κ1) is 21.1. The van der Waals surface area contributed by atoms with Gasteiger partial charge in [-0.1, -0.05) is 6.92 Å². The van der Waals surface area contributed by atoms with Gasteiger partial charge in [0, 0.05) is 39.1 Å². The molecular formula is C17H33N5O3. The number of nitrogens with zero attached hydrogens (tertiary/aromatic N) is 2. The smallest absolute Gasteiger partial charge is 0.410 e. The SMILES string of the molecule is CCC(C)NC(=O)CCNC(=NC)NC1CN(C(=O)OC(C)(C)C)C1. The van der Waals surface area contributed by atoms with Gasteiger partial charge in [0.2, 0.25) is 5.91 Å². The van der Waals surface area contributed by atoms with Gasteiger partial charge < -0.3 is 25.6 Å². The summed E-state index contributed by atoms with van der Waals surface area (Å²) in [4.78, 5) is 29.4. The van der Waals surface area contributed by atoms with Gasteiger partial charge in [-0.3, -0.25) is 9.79 Å². The average Bonchev–Trinajstić information content (AvgIpc) is 2.46. The zero-order chi connectivity index (χ0) is 19.0. The summed E-state index contributed by atoms with van der Waals surface area (Å²) in [6, 6.07) is 0.325. The van der Waals surface area contributed by atoms with Crippen molar-refractivity contribution in [3.05, 3.63) is 0 Å². The Morgan fingerprint density at radius 3 is 2.48 bits per heavy atom. The summed E-state index contributed by atoms with van der Waals surface area (Å²) < 4.78 is 5.32. The maximum Gasteiger partial charge on any atom is 0.410 e. The van der Waals surface area contributed by atoms with Gasteiger partial charge >= 0.3 is 6.09 Å². The molecule has 0 saturated carbocycles. The van der Waals surface area contributed by atoms with Crippen molar-refractivity contribution in [2.24, 2.45) is 4.99 Å². The largest absolute Gasteiger partial charge is 0.444 e. The van der Waals surface area contributed by atoms with Crippen molar-refractivity contribution in [2.45, 2.75) is 65.1 Å². The van der Waals surface area contributed by atoms with E-state index in [1.807, 2.05) is 34.6 Å². The molecule has 0 aromatic carbocycles. The first-order valence-electron chi connectivity index (χ1n) is 8.89. The van der Waals surface area contributed by atoms with E-state index in [4.69, 9.17) is 4.74 Å². The molecule has 1 aliphatic heterocycles. The highest BCUT2D eigenvalue weighted by Gasteiger charge is 2.34. The molecule has 1 unspecified atom stereocenters. The van der Waals surface area contributed by atoms with Gasteiger partial charge in [-0.2, -0.15) is 0 Å². The van der Waals surface area contributed by atoms with Crippen LogP contribution in [0.2, 0.25) is 0 Å². The van der Waals surface area contributed by atoms with E-state index in [-0.39, 0.29) is 24.1 Å². The van der Waals surface area contributed by atoms with Gasteiger partial charge in [-0.05, 0) is 34.1 Å². The predicted molar refractivity (Wildman–Crippen MR) is 98.6 cm³/mol. The van der Waals surface area contributed by atoms with E-state index in [0.29, 0.717) is 32.0 Å². The molecule has 2 amide bonds. The summed E-state index contributed by atoms with van der Waals surface area (Å²) >= 11 is 0. The second-order valence-corrected chi connectivity index (χ2v) is 7.35. The molecular weight excluding hydrogens is 322 g/mol. The second-order valence-electron chi connectivity index (χ2n) is 7.35. The van der Waals surface area contributed by atoms with Crippen molar-refractivity contribution < 1.29 is 14.3 Å². The van der Waals surface area contributed by atoms with Crippen LogP contribution in [-0.4, -0.2) is 67.2 Å². The van der Waals surface area contributed by atoms with Crippen LogP contribution in [0, 0.1) is 0 Å². The lowest BCUT2D eigenvalue weighted by atomic mass is 10.1. The van der Waals surface area contributed by atoms with E-state index < -0.39 is 5.60 Å². The minimum atomic E-state index is -0.483. The maximum atomic E-state index is 11.9. The van der Waals surface area contributed by atoms with Crippen molar-refractivity contribution in [1.82, 2.24) is 20.9 Å². The lowest BCUT2D eigenvalue weighted by Gasteiger charge is -2.40. The fourth-order valence-corrected chi connectivity index (χ4v) is 2.18. The summed E-state index contributed by atoms with van der Waals surface area (Å²) in [5.74, 6) is 0.655. The van der Waals surface area contributed by atoms with Crippen LogP contribution in [0.5, 0.6) is 0 Å². The summed E-state index contributed by atoms with van der Waals surface area (Å²) in [6.45, 7) is 11.2. The first-order chi connectivity index (χ1) is 11.6. The second kappa shape index (κ2) is 9.48. The van der Waals surface area contributed by atoms with E-state index in [0.717, 1.165) is 6.42 Å². The fraction of sp³-hybridized carbons (Fsp3) is 0.824. The molecule has 1 aliphatic rings. The lowest BCUT2D eigenvalue weighted by Crippen LogP contribution is -2.63. The van der Waals surface area contributed by atoms with E-state index >= 15 is 0 Å². The highest BCUT2D eigenvalue weighted by molar-refractivity contribution is 5.82. The van der Waals surface area contributed by atoms with Crippen molar-refractivity contribution in [3.8, 4) is 0 Å². The maximum absolute atomic E-state index is 11.9. The summed E-state index contributed by atoms with van der Waals surface area (Å²) in [5, 5.41) is 9.27. The minimum absolute atomic E-state index is 0.0250. The Labute approximate surface area is 150 Å². The third kappa shape index (κ3) is 8.09. The molecule has 25 heavy (non-hydrogen) atoms. The van der Waals surface area contributed by atoms with Crippen LogP contribution < -0.4 is 16.0 Å². The highest BCUT2D eigenvalue weighted by atomic mass is 16.6. The van der Waals surface area contributed by atoms with Gasteiger partial charge in [-0.15, -0.1) is 0 Å². The van der Waals surface area contributed by atoms with Gasteiger partial charge in [0.1, 0.15) is 5.60 Å². The van der Waals surface area contributed by atoms with Crippen LogP contribution >= 0.6 is 0 Å². The summed E-state index contributed by atoms with van der Waals surface area (Å²) in [5.41, 5.74) is -0.483. The third-order valence-electron chi connectivity index (χ3n) is 3.76. The van der Waals surface area contributed by atoms with Crippen molar-refractivity contribution >= 4 is 18.0 Å². The fourth-order valence-electron chi connectivity index (χ4n) is 2.18. The van der Waals surface area contributed by atoms with Crippen LogP contribution in [0.4, 0.5) is 4.79 Å².